The fraction of sp³-hybridized carbons (Fsp3) is 0.278. The molecule has 0 spiro atoms. The van der Waals surface area contributed by atoms with E-state index in [-0.39, 0.29) is 30.0 Å². The number of rotatable bonds is 5. The average molecular weight is 460 g/mol. The van der Waals surface area contributed by atoms with E-state index in [1.165, 1.54) is 5.56 Å². The zero-order valence-corrected chi connectivity index (χ0v) is 17.1. The smallest absolute Gasteiger partial charge is 0.191 e. The zero-order chi connectivity index (χ0) is 16.7. The molecule has 0 fully saturated rings. The molecule has 0 saturated heterocycles. The van der Waals surface area contributed by atoms with Crippen LogP contribution in [0.5, 0.6) is 5.75 Å². The normalized spacial score (nSPS) is 12.1. The second kappa shape index (κ2) is 10.4. The van der Waals surface area contributed by atoms with E-state index in [0.717, 1.165) is 17.3 Å². The molecule has 0 aliphatic heterocycles. The van der Waals surface area contributed by atoms with Crippen LogP contribution in [-0.4, -0.2) is 20.1 Å². The predicted molar refractivity (Wildman–Crippen MR) is 112 cm³/mol. The third kappa shape index (κ3) is 5.87. The fourth-order valence-corrected chi connectivity index (χ4v) is 2.43. The Morgan fingerprint density at radius 2 is 1.92 bits per heavy atom. The summed E-state index contributed by atoms with van der Waals surface area (Å²) >= 11 is 5.99. The number of halogens is 2. The SMILES string of the molecule is CN=C(NCc1ccc(Cl)cc1OC)NC(C)c1ccccc1.I. The Balaban J connectivity index is 0.00000288. The number of ether oxygens (including phenoxy) is 1. The van der Waals surface area contributed by atoms with Crippen LogP contribution < -0.4 is 15.4 Å². The highest BCUT2D eigenvalue weighted by Gasteiger charge is 2.09. The predicted octanol–water partition coefficient (Wildman–Crippen LogP) is 4.39. The molecule has 2 aromatic carbocycles. The number of methoxy groups -OCH3 is 1. The molecular weight excluding hydrogens is 437 g/mol. The van der Waals surface area contributed by atoms with Crippen molar-refractivity contribution in [1.82, 2.24) is 10.6 Å². The number of aliphatic imine (C=N–C) groups is 1. The zero-order valence-electron chi connectivity index (χ0n) is 14.0. The van der Waals surface area contributed by atoms with Crippen molar-refractivity contribution in [2.24, 2.45) is 4.99 Å². The molecule has 0 aliphatic rings. The summed E-state index contributed by atoms with van der Waals surface area (Å²) in [6.07, 6.45) is 0. The number of nitrogens with one attached hydrogen (secondary N) is 2. The van der Waals surface area contributed by atoms with Crippen LogP contribution in [0.3, 0.4) is 0 Å². The summed E-state index contributed by atoms with van der Waals surface area (Å²) in [5, 5.41) is 7.33. The molecule has 0 aromatic heterocycles. The fourth-order valence-electron chi connectivity index (χ4n) is 2.27. The first kappa shape index (κ1) is 20.6. The van der Waals surface area contributed by atoms with Gasteiger partial charge in [-0.05, 0) is 24.6 Å². The lowest BCUT2D eigenvalue weighted by Gasteiger charge is -2.19. The minimum atomic E-state index is 0. The van der Waals surface area contributed by atoms with E-state index in [1.807, 2.05) is 30.3 Å². The largest absolute Gasteiger partial charge is 0.496 e. The maximum atomic E-state index is 5.99. The van der Waals surface area contributed by atoms with Gasteiger partial charge in [0.15, 0.2) is 5.96 Å². The van der Waals surface area contributed by atoms with Crippen molar-refractivity contribution < 1.29 is 4.74 Å². The lowest BCUT2D eigenvalue weighted by atomic mass is 10.1. The first-order valence-corrected chi connectivity index (χ1v) is 7.86. The highest BCUT2D eigenvalue weighted by Crippen LogP contribution is 2.22. The number of guanidine groups is 1. The van der Waals surface area contributed by atoms with Crippen molar-refractivity contribution in [3.8, 4) is 5.75 Å². The Labute approximate surface area is 165 Å². The summed E-state index contributed by atoms with van der Waals surface area (Å²) < 4.78 is 5.36. The molecule has 0 amide bonds. The van der Waals surface area contributed by atoms with E-state index >= 15 is 0 Å². The molecule has 1 atom stereocenters. The highest BCUT2D eigenvalue weighted by atomic mass is 127. The van der Waals surface area contributed by atoms with E-state index in [2.05, 4.69) is 34.7 Å². The Bertz CT molecular complexity index is 665. The van der Waals surface area contributed by atoms with Crippen LogP contribution in [0.2, 0.25) is 5.02 Å². The lowest BCUT2D eigenvalue weighted by Crippen LogP contribution is -2.38. The van der Waals surface area contributed by atoms with E-state index < -0.39 is 0 Å². The summed E-state index contributed by atoms with van der Waals surface area (Å²) in [5.74, 6) is 1.50. The Morgan fingerprint density at radius 3 is 2.54 bits per heavy atom. The number of nitrogens with zero attached hydrogens (tertiary/aromatic N) is 1. The highest BCUT2D eigenvalue weighted by molar-refractivity contribution is 14.0. The molecular formula is C18H23ClIN3O. The first-order valence-electron chi connectivity index (χ1n) is 7.48. The minimum Gasteiger partial charge on any atom is -0.496 e. The molecule has 0 bridgehead atoms. The standard InChI is InChI=1S/C18H22ClN3O.HI/c1-13(14-7-5-4-6-8-14)22-18(20-2)21-12-15-9-10-16(19)11-17(15)23-3;/h4-11,13H,12H2,1-3H3,(H2,20,21,22);1H. The second-order valence-electron chi connectivity index (χ2n) is 5.16. The first-order chi connectivity index (χ1) is 11.1. The van der Waals surface area contributed by atoms with Crippen LogP contribution in [0, 0.1) is 0 Å². The van der Waals surface area contributed by atoms with Gasteiger partial charge in [0, 0.05) is 24.2 Å². The van der Waals surface area contributed by atoms with Gasteiger partial charge < -0.3 is 15.4 Å². The number of hydrogen-bond donors (Lipinski definition) is 2. The van der Waals surface area contributed by atoms with Gasteiger partial charge in [-0.3, -0.25) is 4.99 Å². The maximum absolute atomic E-state index is 5.99. The quantitative estimate of drug-likeness (QED) is 0.396. The molecule has 4 nitrogen and oxygen atoms in total. The van der Waals surface area contributed by atoms with Gasteiger partial charge in [-0.25, -0.2) is 0 Å². The molecule has 6 heteroatoms. The third-order valence-corrected chi connectivity index (χ3v) is 3.81. The molecule has 2 N–H and O–H groups in total. The topological polar surface area (TPSA) is 45.7 Å². The molecule has 2 aromatic rings. The van der Waals surface area contributed by atoms with Crippen molar-refractivity contribution in [2.75, 3.05) is 14.2 Å². The lowest BCUT2D eigenvalue weighted by molar-refractivity contribution is 0.409. The molecule has 0 saturated carbocycles. The maximum Gasteiger partial charge on any atom is 0.191 e. The van der Waals surface area contributed by atoms with Crippen molar-refractivity contribution >= 4 is 41.5 Å². The summed E-state index contributed by atoms with van der Waals surface area (Å²) in [6.45, 7) is 2.70. The molecule has 2 rings (SSSR count). The van der Waals surface area contributed by atoms with Gasteiger partial charge in [0.25, 0.3) is 0 Å². The molecule has 0 radical (unpaired) electrons. The van der Waals surface area contributed by atoms with E-state index in [9.17, 15) is 0 Å². The van der Waals surface area contributed by atoms with Gasteiger partial charge in [-0.15, -0.1) is 24.0 Å². The molecule has 1 unspecified atom stereocenters. The second-order valence-corrected chi connectivity index (χ2v) is 5.60. The molecule has 130 valence electrons. The van der Waals surface area contributed by atoms with Crippen LogP contribution in [0.25, 0.3) is 0 Å². The summed E-state index contributed by atoms with van der Waals surface area (Å²) in [6, 6.07) is 16.0. The Morgan fingerprint density at radius 1 is 1.21 bits per heavy atom. The summed E-state index contributed by atoms with van der Waals surface area (Å²) in [4.78, 5) is 4.27. The molecule has 0 aliphatic carbocycles. The number of benzene rings is 2. The van der Waals surface area contributed by atoms with E-state index in [4.69, 9.17) is 16.3 Å². The Kier molecular flexibility index (Phi) is 8.92. The van der Waals surface area contributed by atoms with Gasteiger partial charge in [0.1, 0.15) is 5.75 Å². The number of hydrogen-bond acceptors (Lipinski definition) is 2. The van der Waals surface area contributed by atoms with Crippen LogP contribution >= 0.6 is 35.6 Å². The molecule has 24 heavy (non-hydrogen) atoms. The van der Waals surface area contributed by atoms with Crippen LogP contribution in [0.4, 0.5) is 0 Å². The molecule has 0 heterocycles. The summed E-state index contributed by atoms with van der Waals surface area (Å²) in [7, 11) is 3.39. The van der Waals surface area contributed by atoms with Gasteiger partial charge in [-0.2, -0.15) is 0 Å². The monoisotopic (exact) mass is 459 g/mol. The van der Waals surface area contributed by atoms with Crippen LogP contribution in [0.1, 0.15) is 24.1 Å². The minimum absolute atomic E-state index is 0. The van der Waals surface area contributed by atoms with Gasteiger partial charge >= 0.3 is 0 Å². The third-order valence-electron chi connectivity index (χ3n) is 3.57. The van der Waals surface area contributed by atoms with Gasteiger partial charge in [0.05, 0.1) is 13.2 Å². The van der Waals surface area contributed by atoms with Gasteiger partial charge in [-0.1, -0.05) is 48.0 Å². The summed E-state index contributed by atoms with van der Waals surface area (Å²) in [5.41, 5.74) is 2.23. The average Bonchev–Trinajstić information content (AvgIpc) is 2.59. The van der Waals surface area contributed by atoms with E-state index in [1.54, 1.807) is 20.2 Å². The van der Waals surface area contributed by atoms with Crippen molar-refractivity contribution in [3.05, 3.63) is 64.7 Å². The van der Waals surface area contributed by atoms with Gasteiger partial charge in [0.2, 0.25) is 0 Å². The Hall–Kier alpha value is -1.47. The van der Waals surface area contributed by atoms with Crippen molar-refractivity contribution in [1.29, 1.82) is 0 Å². The van der Waals surface area contributed by atoms with E-state index in [0.29, 0.717) is 11.6 Å². The van der Waals surface area contributed by atoms with Crippen LogP contribution in [0.15, 0.2) is 53.5 Å². The van der Waals surface area contributed by atoms with Crippen molar-refractivity contribution in [2.45, 2.75) is 19.5 Å². The van der Waals surface area contributed by atoms with Crippen LogP contribution in [-0.2, 0) is 6.54 Å². The van der Waals surface area contributed by atoms with Crippen molar-refractivity contribution in [3.63, 3.8) is 0 Å².